The smallest absolute Gasteiger partial charge is 0.251 e. The Balaban J connectivity index is 2.37. The van der Waals surface area contributed by atoms with Gasteiger partial charge in [0.2, 0.25) is 0 Å². The van der Waals surface area contributed by atoms with Gasteiger partial charge in [-0.2, -0.15) is 0 Å². The van der Waals surface area contributed by atoms with Gasteiger partial charge in [-0.15, -0.1) is 0 Å². The number of hydrogen-bond donors (Lipinski definition) is 1. The maximum Gasteiger partial charge on any atom is 0.251 e. The Hall–Kier alpha value is -0.610. The van der Waals surface area contributed by atoms with E-state index in [4.69, 9.17) is 0 Å². The summed E-state index contributed by atoms with van der Waals surface area (Å²) < 4.78 is 0. The highest BCUT2D eigenvalue weighted by Crippen LogP contribution is 2.16. The Bertz CT molecular complexity index is 238. The van der Waals surface area contributed by atoms with Crippen LogP contribution >= 0.6 is 0 Å². The lowest BCUT2D eigenvalue weighted by Crippen LogP contribution is -2.52. The Morgan fingerprint density at radius 2 is 1.75 bits per heavy atom. The molecule has 94 valence electrons. The van der Waals surface area contributed by atoms with Gasteiger partial charge in [0, 0.05) is 32.7 Å². The summed E-state index contributed by atoms with van der Waals surface area (Å²) in [5.41, 5.74) is 0.302. The minimum Gasteiger partial charge on any atom is -0.384 e. The van der Waals surface area contributed by atoms with Crippen LogP contribution in [0.4, 0.5) is 0 Å². The van der Waals surface area contributed by atoms with Crippen LogP contribution in [0.1, 0.15) is 27.7 Å². The van der Waals surface area contributed by atoms with Gasteiger partial charge in [0.15, 0.2) is 0 Å². The molecule has 0 saturated carbocycles. The van der Waals surface area contributed by atoms with Crippen LogP contribution in [0.2, 0.25) is 0 Å². The maximum absolute atomic E-state index is 11.5. The van der Waals surface area contributed by atoms with E-state index in [2.05, 4.69) is 25.7 Å². The van der Waals surface area contributed by atoms with Gasteiger partial charge in [0.1, 0.15) is 6.10 Å². The predicted molar refractivity (Wildman–Crippen MR) is 64.2 cm³/mol. The van der Waals surface area contributed by atoms with Gasteiger partial charge in [0.05, 0.1) is 0 Å². The highest BCUT2D eigenvalue weighted by atomic mass is 16.3. The van der Waals surface area contributed by atoms with E-state index in [-0.39, 0.29) is 5.91 Å². The standard InChI is InChI=1S/C12H24N2O2/c1-10(15)11(16)14-7-5-13(6-8-14)9-12(2,3)4/h10,15H,5-9H2,1-4H3. The van der Waals surface area contributed by atoms with Gasteiger partial charge in [-0.1, -0.05) is 20.8 Å². The summed E-state index contributed by atoms with van der Waals surface area (Å²) in [5.74, 6) is -0.143. The van der Waals surface area contributed by atoms with Crippen molar-refractivity contribution in [1.82, 2.24) is 9.80 Å². The Labute approximate surface area is 98.2 Å². The highest BCUT2D eigenvalue weighted by molar-refractivity contribution is 5.80. The van der Waals surface area contributed by atoms with Crippen molar-refractivity contribution >= 4 is 5.91 Å². The van der Waals surface area contributed by atoms with Gasteiger partial charge in [-0.05, 0) is 12.3 Å². The quantitative estimate of drug-likeness (QED) is 0.751. The summed E-state index contributed by atoms with van der Waals surface area (Å²) in [5, 5.41) is 9.22. The second-order valence-electron chi connectivity index (χ2n) is 5.84. The van der Waals surface area contributed by atoms with Crippen LogP contribution in [0.5, 0.6) is 0 Å². The fraction of sp³-hybridized carbons (Fsp3) is 0.917. The number of carbonyl (C=O) groups is 1. The molecule has 0 aliphatic carbocycles. The van der Waals surface area contributed by atoms with E-state index in [9.17, 15) is 9.90 Å². The first kappa shape index (κ1) is 13.5. The number of amides is 1. The third-order valence-corrected chi connectivity index (χ3v) is 2.74. The number of hydrogen-bond acceptors (Lipinski definition) is 3. The molecule has 1 rings (SSSR count). The van der Waals surface area contributed by atoms with Crippen molar-refractivity contribution in [2.24, 2.45) is 5.41 Å². The molecule has 1 fully saturated rings. The largest absolute Gasteiger partial charge is 0.384 e. The van der Waals surface area contributed by atoms with Crippen molar-refractivity contribution in [2.45, 2.75) is 33.8 Å². The zero-order chi connectivity index (χ0) is 12.3. The summed E-state index contributed by atoms with van der Waals surface area (Å²) in [6.45, 7) is 12.6. The van der Waals surface area contributed by atoms with Crippen molar-refractivity contribution in [1.29, 1.82) is 0 Å². The molecule has 0 radical (unpaired) electrons. The van der Waals surface area contributed by atoms with Crippen LogP contribution in [0.3, 0.4) is 0 Å². The number of nitrogens with zero attached hydrogens (tertiary/aromatic N) is 2. The minimum atomic E-state index is -0.867. The molecule has 4 heteroatoms. The van der Waals surface area contributed by atoms with Crippen LogP contribution < -0.4 is 0 Å². The molecule has 1 unspecified atom stereocenters. The zero-order valence-electron chi connectivity index (χ0n) is 10.9. The Kier molecular flexibility index (Phi) is 4.33. The Morgan fingerprint density at radius 3 is 2.12 bits per heavy atom. The van der Waals surface area contributed by atoms with Gasteiger partial charge >= 0.3 is 0 Å². The summed E-state index contributed by atoms with van der Waals surface area (Å²) in [6, 6.07) is 0. The van der Waals surface area contributed by atoms with Crippen LogP contribution in [0, 0.1) is 5.41 Å². The first-order valence-corrected chi connectivity index (χ1v) is 5.99. The molecule has 0 aromatic rings. The van der Waals surface area contributed by atoms with Gasteiger partial charge in [-0.3, -0.25) is 9.69 Å². The minimum absolute atomic E-state index is 0.143. The molecule has 16 heavy (non-hydrogen) atoms. The predicted octanol–water partition coefficient (Wildman–Crippen LogP) is 0.557. The molecule has 1 saturated heterocycles. The molecule has 0 bridgehead atoms. The molecule has 0 aromatic carbocycles. The fourth-order valence-electron chi connectivity index (χ4n) is 2.06. The van der Waals surface area contributed by atoms with Crippen LogP contribution in [-0.2, 0) is 4.79 Å². The second kappa shape index (κ2) is 5.15. The van der Waals surface area contributed by atoms with Gasteiger partial charge in [-0.25, -0.2) is 0 Å². The summed E-state index contributed by atoms with van der Waals surface area (Å²) in [6.07, 6.45) is -0.867. The van der Waals surface area contributed by atoms with Crippen molar-refractivity contribution in [3.8, 4) is 0 Å². The average molecular weight is 228 g/mol. The summed E-state index contributed by atoms with van der Waals surface area (Å²) in [4.78, 5) is 15.7. The van der Waals surface area contributed by atoms with E-state index in [1.165, 1.54) is 6.92 Å². The van der Waals surface area contributed by atoms with Crippen molar-refractivity contribution in [2.75, 3.05) is 32.7 Å². The first-order chi connectivity index (χ1) is 7.29. The van der Waals surface area contributed by atoms with E-state index < -0.39 is 6.10 Å². The molecule has 0 aromatic heterocycles. The molecular formula is C12H24N2O2. The van der Waals surface area contributed by atoms with Crippen LogP contribution in [-0.4, -0.2) is 59.6 Å². The monoisotopic (exact) mass is 228 g/mol. The molecule has 1 aliphatic heterocycles. The maximum atomic E-state index is 11.5. The average Bonchev–Trinajstić information content (AvgIpc) is 2.15. The molecule has 0 spiro atoms. The summed E-state index contributed by atoms with van der Waals surface area (Å²) in [7, 11) is 0. The van der Waals surface area contributed by atoms with Crippen LogP contribution in [0.15, 0.2) is 0 Å². The fourth-order valence-corrected chi connectivity index (χ4v) is 2.06. The number of aliphatic hydroxyl groups excluding tert-OH is 1. The number of piperazine rings is 1. The molecule has 1 aliphatic rings. The van der Waals surface area contributed by atoms with E-state index in [0.29, 0.717) is 5.41 Å². The third-order valence-electron chi connectivity index (χ3n) is 2.74. The Morgan fingerprint density at radius 1 is 1.25 bits per heavy atom. The van der Waals surface area contributed by atoms with E-state index >= 15 is 0 Å². The second-order valence-corrected chi connectivity index (χ2v) is 5.84. The molecule has 1 N–H and O–H groups in total. The molecule has 1 amide bonds. The van der Waals surface area contributed by atoms with E-state index in [1.807, 2.05) is 0 Å². The van der Waals surface area contributed by atoms with Crippen molar-refractivity contribution in [3.63, 3.8) is 0 Å². The highest BCUT2D eigenvalue weighted by Gasteiger charge is 2.25. The molecule has 1 heterocycles. The zero-order valence-corrected chi connectivity index (χ0v) is 10.9. The van der Waals surface area contributed by atoms with Crippen molar-refractivity contribution < 1.29 is 9.90 Å². The SMILES string of the molecule is CC(O)C(=O)N1CCN(CC(C)(C)C)CC1. The lowest BCUT2D eigenvalue weighted by molar-refractivity contribution is -0.141. The summed E-state index contributed by atoms with van der Waals surface area (Å²) >= 11 is 0. The number of carbonyl (C=O) groups excluding carboxylic acids is 1. The van der Waals surface area contributed by atoms with E-state index in [1.54, 1.807) is 4.90 Å². The van der Waals surface area contributed by atoms with Gasteiger partial charge < -0.3 is 10.0 Å². The molecule has 4 nitrogen and oxygen atoms in total. The lowest BCUT2D eigenvalue weighted by Gasteiger charge is -2.38. The number of aliphatic hydroxyl groups is 1. The molecular weight excluding hydrogens is 204 g/mol. The number of rotatable bonds is 2. The third kappa shape index (κ3) is 4.10. The molecule has 1 atom stereocenters. The van der Waals surface area contributed by atoms with Gasteiger partial charge in [0.25, 0.3) is 5.91 Å². The normalized spacial score (nSPS) is 20.9. The first-order valence-electron chi connectivity index (χ1n) is 5.99. The van der Waals surface area contributed by atoms with Crippen molar-refractivity contribution in [3.05, 3.63) is 0 Å². The van der Waals surface area contributed by atoms with E-state index in [0.717, 1.165) is 32.7 Å². The lowest BCUT2D eigenvalue weighted by atomic mass is 9.96. The topological polar surface area (TPSA) is 43.8 Å². The van der Waals surface area contributed by atoms with Crippen LogP contribution in [0.25, 0.3) is 0 Å².